The number of benzene rings is 2. The van der Waals surface area contributed by atoms with Crippen LogP contribution in [0.2, 0.25) is 0 Å². The Morgan fingerprint density at radius 2 is 1.51 bits per heavy atom. The van der Waals surface area contributed by atoms with E-state index < -0.39 is 17.8 Å². The average molecular weight is 499 g/mol. The van der Waals surface area contributed by atoms with Crippen LogP contribution in [0, 0.1) is 6.92 Å². The molecule has 0 saturated carbocycles. The van der Waals surface area contributed by atoms with Crippen LogP contribution in [0.4, 0.5) is 10.7 Å². The third-order valence-corrected chi connectivity index (χ3v) is 6.27. The van der Waals surface area contributed by atoms with Crippen LogP contribution in [-0.4, -0.2) is 45.7 Å². The number of carbonyl (C=O) groups is 3. The Morgan fingerprint density at radius 3 is 2.11 bits per heavy atom. The van der Waals surface area contributed by atoms with Gasteiger partial charge in [-0.05, 0) is 55.8 Å². The number of hydrogen-bond acceptors (Lipinski definition) is 8. The van der Waals surface area contributed by atoms with Gasteiger partial charge in [-0.1, -0.05) is 0 Å². The van der Waals surface area contributed by atoms with Crippen molar-refractivity contribution in [1.82, 2.24) is 0 Å². The fourth-order valence-electron chi connectivity index (χ4n) is 3.28. The Bertz CT molecular complexity index is 1240. The molecule has 0 aliphatic rings. The van der Waals surface area contributed by atoms with Gasteiger partial charge in [-0.15, -0.1) is 11.3 Å². The first-order valence-electron chi connectivity index (χ1n) is 10.6. The SMILES string of the molecule is CCOC(=O)c1c(NC(=O)c2ccc(OC)cc2)sc(C(=O)Nc2cc(OC)ccc2OC)c1C. The molecule has 2 N–H and O–H groups in total. The summed E-state index contributed by atoms with van der Waals surface area (Å²) >= 11 is 0.980. The topological polar surface area (TPSA) is 112 Å². The third-order valence-electron chi connectivity index (χ3n) is 5.07. The van der Waals surface area contributed by atoms with Gasteiger partial charge in [0.05, 0.1) is 44.1 Å². The highest BCUT2D eigenvalue weighted by atomic mass is 32.1. The number of nitrogens with one attached hydrogen (secondary N) is 2. The first-order valence-corrected chi connectivity index (χ1v) is 11.4. The van der Waals surface area contributed by atoms with Crippen LogP contribution in [-0.2, 0) is 4.74 Å². The van der Waals surface area contributed by atoms with Crippen LogP contribution >= 0.6 is 11.3 Å². The van der Waals surface area contributed by atoms with E-state index in [0.717, 1.165) is 11.3 Å². The second-order valence-electron chi connectivity index (χ2n) is 7.18. The molecule has 0 aliphatic carbocycles. The Morgan fingerprint density at radius 1 is 0.857 bits per heavy atom. The number of anilines is 2. The van der Waals surface area contributed by atoms with E-state index in [4.69, 9.17) is 18.9 Å². The second-order valence-corrected chi connectivity index (χ2v) is 8.20. The zero-order chi connectivity index (χ0) is 25.5. The van der Waals surface area contributed by atoms with Crippen LogP contribution in [0.3, 0.4) is 0 Å². The van der Waals surface area contributed by atoms with Crippen LogP contribution in [0.5, 0.6) is 17.2 Å². The van der Waals surface area contributed by atoms with Crippen LogP contribution in [0.1, 0.15) is 42.9 Å². The zero-order valence-electron chi connectivity index (χ0n) is 20.0. The largest absolute Gasteiger partial charge is 0.497 e. The average Bonchev–Trinajstić information content (AvgIpc) is 3.19. The van der Waals surface area contributed by atoms with Crippen molar-refractivity contribution >= 4 is 39.8 Å². The molecule has 2 amide bonds. The van der Waals surface area contributed by atoms with Crippen LogP contribution < -0.4 is 24.8 Å². The summed E-state index contributed by atoms with van der Waals surface area (Å²) in [5.41, 5.74) is 1.27. The van der Waals surface area contributed by atoms with E-state index in [-0.39, 0.29) is 22.0 Å². The quantitative estimate of drug-likeness (QED) is 0.409. The van der Waals surface area contributed by atoms with E-state index in [2.05, 4.69) is 10.6 Å². The fourth-order valence-corrected chi connectivity index (χ4v) is 4.36. The second kappa shape index (κ2) is 11.4. The summed E-state index contributed by atoms with van der Waals surface area (Å²) in [7, 11) is 4.53. The first-order chi connectivity index (χ1) is 16.8. The molecule has 0 radical (unpaired) electrons. The van der Waals surface area contributed by atoms with Crippen molar-refractivity contribution in [3.05, 3.63) is 64.0 Å². The molecule has 3 rings (SSSR count). The Hall–Kier alpha value is -4.05. The van der Waals surface area contributed by atoms with Gasteiger partial charge < -0.3 is 29.6 Å². The van der Waals surface area contributed by atoms with Crippen LogP contribution in [0.15, 0.2) is 42.5 Å². The van der Waals surface area contributed by atoms with E-state index >= 15 is 0 Å². The minimum atomic E-state index is -0.635. The maximum absolute atomic E-state index is 13.2. The van der Waals surface area contributed by atoms with Crippen molar-refractivity contribution in [1.29, 1.82) is 0 Å². The van der Waals surface area contributed by atoms with Gasteiger partial charge in [0.1, 0.15) is 22.2 Å². The van der Waals surface area contributed by atoms with Gasteiger partial charge >= 0.3 is 5.97 Å². The van der Waals surface area contributed by atoms with Crippen molar-refractivity contribution in [2.75, 3.05) is 38.6 Å². The molecule has 3 aromatic rings. The van der Waals surface area contributed by atoms with E-state index in [1.165, 1.54) is 21.3 Å². The summed E-state index contributed by atoms with van der Waals surface area (Å²) in [4.78, 5) is 39.0. The number of methoxy groups -OCH3 is 3. The molecule has 0 saturated heterocycles. The van der Waals surface area contributed by atoms with Crippen molar-refractivity contribution in [2.24, 2.45) is 0 Å². The van der Waals surface area contributed by atoms with Gasteiger partial charge in [0.25, 0.3) is 11.8 Å². The molecule has 1 heterocycles. The number of carbonyl (C=O) groups excluding carboxylic acids is 3. The number of rotatable bonds is 9. The molecule has 0 fully saturated rings. The molecule has 0 atom stereocenters. The fraction of sp³-hybridized carbons (Fsp3) is 0.240. The first kappa shape index (κ1) is 25.6. The monoisotopic (exact) mass is 498 g/mol. The van der Waals surface area contributed by atoms with Gasteiger partial charge in [0.15, 0.2) is 0 Å². The van der Waals surface area contributed by atoms with Crippen molar-refractivity contribution in [3.63, 3.8) is 0 Å². The van der Waals surface area contributed by atoms with E-state index in [1.807, 2.05) is 0 Å². The third kappa shape index (κ3) is 5.72. The zero-order valence-corrected chi connectivity index (χ0v) is 20.8. The molecule has 0 aliphatic heterocycles. The molecule has 35 heavy (non-hydrogen) atoms. The maximum Gasteiger partial charge on any atom is 0.341 e. The Balaban J connectivity index is 1.95. The molecule has 10 heteroatoms. The Labute approximate surface area is 207 Å². The summed E-state index contributed by atoms with van der Waals surface area (Å²) in [6.07, 6.45) is 0. The minimum Gasteiger partial charge on any atom is -0.497 e. The predicted octanol–water partition coefficient (Wildman–Crippen LogP) is 4.76. The smallest absolute Gasteiger partial charge is 0.341 e. The summed E-state index contributed by atoms with van der Waals surface area (Å²) in [5, 5.41) is 5.74. The molecular formula is C25H26N2O7S. The number of thiophene rings is 1. The highest BCUT2D eigenvalue weighted by Gasteiger charge is 2.27. The lowest BCUT2D eigenvalue weighted by Gasteiger charge is -2.11. The van der Waals surface area contributed by atoms with E-state index in [9.17, 15) is 14.4 Å². The molecule has 184 valence electrons. The molecule has 0 bridgehead atoms. The predicted molar refractivity (Wildman–Crippen MR) is 133 cm³/mol. The molecule has 0 unspecified atom stereocenters. The number of esters is 1. The molecular weight excluding hydrogens is 472 g/mol. The highest BCUT2D eigenvalue weighted by Crippen LogP contribution is 2.36. The summed E-state index contributed by atoms with van der Waals surface area (Å²) in [6.45, 7) is 3.45. The Kier molecular flexibility index (Phi) is 8.32. The molecule has 9 nitrogen and oxygen atoms in total. The summed E-state index contributed by atoms with van der Waals surface area (Å²) in [5.74, 6) is 0.0167. The highest BCUT2D eigenvalue weighted by molar-refractivity contribution is 7.19. The lowest BCUT2D eigenvalue weighted by Crippen LogP contribution is -2.15. The number of hydrogen-bond donors (Lipinski definition) is 2. The lowest BCUT2D eigenvalue weighted by atomic mass is 10.1. The van der Waals surface area contributed by atoms with Crippen molar-refractivity contribution in [3.8, 4) is 17.2 Å². The maximum atomic E-state index is 13.2. The van der Waals surface area contributed by atoms with Gasteiger partial charge in [-0.2, -0.15) is 0 Å². The minimum absolute atomic E-state index is 0.126. The van der Waals surface area contributed by atoms with Gasteiger partial charge in [0, 0.05) is 11.6 Å². The van der Waals surface area contributed by atoms with Crippen LogP contribution in [0.25, 0.3) is 0 Å². The van der Waals surface area contributed by atoms with E-state index in [0.29, 0.717) is 34.1 Å². The van der Waals surface area contributed by atoms with Gasteiger partial charge in [-0.3, -0.25) is 9.59 Å². The van der Waals surface area contributed by atoms with Crippen molar-refractivity contribution < 1.29 is 33.3 Å². The normalized spacial score (nSPS) is 10.3. The molecule has 0 spiro atoms. The van der Waals surface area contributed by atoms with Crippen molar-refractivity contribution in [2.45, 2.75) is 13.8 Å². The van der Waals surface area contributed by atoms with Gasteiger partial charge in [0.2, 0.25) is 0 Å². The van der Waals surface area contributed by atoms with Gasteiger partial charge in [-0.25, -0.2) is 4.79 Å². The van der Waals surface area contributed by atoms with E-state index in [1.54, 1.807) is 56.3 Å². The lowest BCUT2D eigenvalue weighted by molar-refractivity contribution is 0.0527. The number of amides is 2. The standard InChI is InChI=1S/C25H26N2O7S/c1-6-34-25(30)20-14(2)21(23(29)26-18-13-17(32-4)11-12-19(18)33-5)35-24(20)27-22(28)15-7-9-16(31-3)10-8-15/h7-13H,6H2,1-5H3,(H,26,29)(H,27,28). The summed E-state index contributed by atoms with van der Waals surface area (Å²) in [6, 6.07) is 11.5. The molecule has 2 aromatic carbocycles. The number of ether oxygens (including phenoxy) is 4. The summed E-state index contributed by atoms with van der Waals surface area (Å²) < 4.78 is 20.8. The molecule has 1 aromatic heterocycles.